The molecule has 5 heteroatoms. The van der Waals surface area contributed by atoms with Gasteiger partial charge in [-0.3, -0.25) is 0 Å². The number of benzene rings is 2. The highest BCUT2D eigenvalue weighted by Gasteiger charge is 2.17. The van der Waals surface area contributed by atoms with Gasteiger partial charge in [-0.05, 0) is 56.0 Å². The van der Waals surface area contributed by atoms with Crippen molar-refractivity contribution in [1.82, 2.24) is 4.98 Å². The molecule has 0 spiro atoms. The van der Waals surface area contributed by atoms with Crippen LogP contribution in [0.3, 0.4) is 0 Å². The second-order valence-corrected chi connectivity index (χ2v) is 7.01. The Morgan fingerprint density at radius 3 is 2.63 bits per heavy atom. The summed E-state index contributed by atoms with van der Waals surface area (Å²) in [7, 11) is 0. The monoisotopic (exact) mass is 361 g/mol. The SMILES string of the molecule is O=c1oc2cc(OC3CCCCC3)ccc2cc1-c1nc2ccccc2o1. The molecule has 2 heterocycles. The lowest BCUT2D eigenvalue weighted by atomic mass is 9.98. The maximum absolute atomic E-state index is 12.5. The van der Waals surface area contributed by atoms with Crippen LogP contribution in [0.4, 0.5) is 0 Å². The van der Waals surface area contributed by atoms with Gasteiger partial charge in [-0.25, -0.2) is 9.78 Å². The van der Waals surface area contributed by atoms with E-state index < -0.39 is 5.63 Å². The van der Waals surface area contributed by atoms with Crippen molar-refractivity contribution in [2.75, 3.05) is 0 Å². The van der Waals surface area contributed by atoms with Crippen LogP contribution in [-0.2, 0) is 0 Å². The number of ether oxygens (including phenoxy) is 1. The van der Waals surface area contributed by atoms with Crippen LogP contribution in [0, 0.1) is 0 Å². The smallest absolute Gasteiger partial charge is 0.349 e. The highest BCUT2D eigenvalue weighted by atomic mass is 16.5. The third-order valence-corrected chi connectivity index (χ3v) is 5.09. The predicted molar refractivity (Wildman–Crippen MR) is 103 cm³/mol. The van der Waals surface area contributed by atoms with Gasteiger partial charge in [0.1, 0.15) is 22.4 Å². The molecule has 0 aliphatic heterocycles. The van der Waals surface area contributed by atoms with Gasteiger partial charge >= 0.3 is 5.63 Å². The molecule has 1 aliphatic carbocycles. The molecular formula is C22H19NO4. The third-order valence-electron chi connectivity index (χ3n) is 5.09. The van der Waals surface area contributed by atoms with E-state index in [1.54, 1.807) is 12.1 Å². The lowest BCUT2D eigenvalue weighted by molar-refractivity contribution is 0.155. The van der Waals surface area contributed by atoms with Crippen LogP contribution in [0.25, 0.3) is 33.5 Å². The van der Waals surface area contributed by atoms with E-state index >= 15 is 0 Å². The molecule has 0 radical (unpaired) electrons. The molecule has 2 aromatic carbocycles. The fraction of sp³-hybridized carbons (Fsp3) is 0.273. The fourth-order valence-corrected chi connectivity index (χ4v) is 3.68. The van der Waals surface area contributed by atoms with Crippen molar-refractivity contribution in [3.05, 3.63) is 59.0 Å². The number of aromatic nitrogens is 1. The average Bonchev–Trinajstić information content (AvgIpc) is 3.12. The van der Waals surface area contributed by atoms with Crippen molar-refractivity contribution in [2.45, 2.75) is 38.2 Å². The lowest BCUT2D eigenvalue weighted by Crippen LogP contribution is -2.19. The maximum Gasteiger partial charge on any atom is 0.349 e. The Morgan fingerprint density at radius 2 is 1.78 bits per heavy atom. The van der Waals surface area contributed by atoms with E-state index in [1.807, 2.05) is 36.4 Å². The van der Waals surface area contributed by atoms with E-state index in [1.165, 1.54) is 19.3 Å². The number of nitrogens with zero attached hydrogens (tertiary/aromatic N) is 1. The normalized spacial score (nSPS) is 15.4. The molecule has 0 bridgehead atoms. The minimum absolute atomic E-state index is 0.252. The predicted octanol–water partition coefficient (Wildman–Crippen LogP) is 5.31. The molecule has 0 atom stereocenters. The van der Waals surface area contributed by atoms with Crippen molar-refractivity contribution < 1.29 is 13.6 Å². The van der Waals surface area contributed by atoms with Crippen LogP contribution in [0.5, 0.6) is 5.75 Å². The molecule has 0 saturated heterocycles. The molecule has 5 rings (SSSR count). The van der Waals surface area contributed by atoms with Gasteiger partial charge in [-0.15, -0.1) is 0 Å². The first-order valence-corrected chi connectivity index (χ1v) is 9.37. The van der Waals surface area contributed by atoms with Gasteiger partial charge in [-0.2, -0.15) is 0 Å². The Labute approximate surface area is 155 Å². The second kappa shape index (κ2) is 6.58. The van der Waals surface area contributed by atoms with E-state index in [0.29, 0.717) is 22.2 Å². The molecule has 136 valence electrons. The zero-order valence-corrected chi connectivity index (χ0v) is 14.8. The highest BCUT2D eigenvalue weighted by molar-refractivity contribution is 5.83. The minimum atomic E-state index is -0.469. The van der Waals surface area contributed by atoms with Crippen molar-refractivity contribution in [2.24, 2.45) is 0 Å². The first kappa shape index (κ1) is 16.1. The number of para-hydroxylation sites is 2. The molecule has 1 aliphatic rings. The number of hydrogen-bond donors (Lipinski definition) is 0. The number of oxazole rings is 1. The van der Waals surface area contributed by atoms with E-state index in [0.717, 1.165) is 24.0 Å². The first-order valence-electron chi connectivity index (χ1n) is 9.37. The standard InChI is InChI=1S/C22H19NO4/c24-22-17(21-23-18-8-4-5-9-19(18)26-21)12-14-10-11-16(13-20(14)27-22)25-15-6-2-1-3-7-15/h4-5,8-13,15H,1-3,6-7H2. The van der Waals surface area contributed by atoms with Crippen molar-refractivity contribution >= 4 is 22.1 Å². The quantitative estimate of drug-likeness (QED) is 0.463. The van der Waals surface area contributed by atoms with Crippen LogP contribution >= 0.6 is 0 Å². The van der Waals surface area contributed by atoms with Gasteiger partial charge in [0.05, 0.1) is 6.10 Å². The molecule has 0 N–H and O–H groups in total. The largest absolute Gasteiger partial charge is 0.490 e. The molecule has 5 nitrogen and oxygen atoms in total. The summed E-state index contributed by atoms with van der Waals surface area (Å²) in [6.07, 6.45) is 6.12. The second-order valence-electron chi connectivity index (χ2n) is 7.01. The molecule has 1 fully saturated rings. The molecule has 0 amide bonds. The summed E-state index contributed by atoms with van der Waals surface area (Å²) < 4.78 is 17.3. The zero-order valence-electron chi connectivity index (χ0n) is 14.8. The van der Waals surface area contributed by atoms with E-state index in [4.69, 9.17) is 13.6 Å². The van der Waals surface area contributed by atoms with Crippen molar-refractivity contribution in [3.63, 3.8) is 0 Å². The van der Waals surface area contributed by atoms with Gasteiger partial charge in [0, 0.05) is 11.5 Å². The van der Waals surface area contributed by atoms with Gasteiger partial charge in [0.2, 0.25) is 5.89 Å². The Bertz CT molecular complexity index is 1130. The van der Waals surface area contributed by atoms with Crippen LogP contribution in [0.15, 0.2) is 62.2 Å². The Balaban J connectivity index is 1.51. The number of rotatable bonds is 3. The topological polar surface area (TPSA) is 65.5 Å². The summed E-state index contributed by atoms with van der Waals surface area (Å²) in [4.78, 5) is 16.9. The van der Waals surface area contributed by atoms with E-state index in [9.17, 15) is 4.79 Å². The molecule has 1 saturated carbocycles. The van der Waals surface area contributed by atoms with Crippen LogP contribution in [0.2, 0.25) is 0 Å². The Morgan fingerprint density at radius 1 is 0.926 bits per heavy atom. The third kappa shape index (κ3) is 3.10. The van der Waals surface area contributed by atoms with Crippen LogP contribution in [0.1, 0.15) is 32.1 Å². The summed E-state index contributed by atoms with van der Waals surface area (Å²) >= 11 is 0. The van der Waals surface area contributed by atoms with Crippen molar-refractivity contribution in [1.29, 1.82) is 0 Å². The zero-order chi connectivity index (χ0) is 18.2. The average molecular weight is 361 g/mol. The fourth-order valence-electron chi connectivity index (χ4n) is 3.68. The summed E-state index contributed by atoms with van der Waals surface area (Å²) in [5.74, 6) is 1.02. The first-order chi connectivity index (χ1) is 13.3. The summed E-state index contributed by atoms with van der Waals surface area (Å²) in [6.45, 7) is 0. The lowest BCUT2D eigenvalue weighted by Gasteiger charge is -2.22. The van der Waals surface area contributed by atoms with Crippen molar-refractivity contribution in [3.8, 4) is 17.2 Å². The van der Waals surface area contributed by atoms with Crippen LogP contribution in [-0.4, -0.2) is 11.1 Å². The van der Waals surface area contributed by atoms with E-state index in [-0.39, 0.29) is 12.0 Å². The van der Waals surface area contributed by atoms with Gasteiger partial charge < -0.3 is 13.6 Å². The summed E-state index contributed by atoms with van der Waals surface area (Å²) in [5, 5.41) is 0.808. The van der Waals surface area contributed by atoms with Gasteiger partial charge in [-0.1, -0.05) is 18.6 Å². The molecule has 0 unspecified atom stereocenters. The molecular weight excluding hydrogens is 342 g/mol. The molecule has 2 aromatic heterocycles. The van der Waals surface area contributed by atoms with Crippen LogP contribution < -0.4 is 10.4 Å². The summed E-state index contributed by atoms with van der Waals surface area (Å²) in [5.41, 5.74) is 1.71. The number of hydrogen-bond acceptors (Lipinski definition) is 5. The minimum Gasteiger partial charge on any atom is -0.490 e. The number of fused-ring (bicyclic) bond motifs is 2. The summed E-state index contributed by atoms with van der Waals surface area (Å²) in [6, 6.07) is 14.8. The Kier molecular flexibility index (Phi) is 3.93. The molecule has 27 heavy (non-hydrogen) atoms. The Hall–Kier alpha value is -3.08. The van der Waals surface area contributed by atoms with E-state index in [2.05, 4.69) is 4.98 Å². The maximum atomic E-state index is 12.5. The van der Waals surface area contributed by atoms with Gasteiger partial charge in [0.15, 0.2) is 5.58 Å². The highest BCUT2D eigenvalue weighted by Crippen LogP contribution is 2.28. The molecule has 4 aromatic rings. The van der Waals surface area contributed by atoms with Gasteiger partial charge in [0.25, 0.3) is 0 Å².